The van der Waals surface area contributed by atoms with Gasteiger partial charge in [0.25, 0.3) is 0 Å². The van der Waals surface area contributed by atoms with Crippen molar-refractivity contribution in [2.45, 2.75) is 19.3 Å². The zero-order valence-electron chi connectivity index (χ0n) is 15.4. The maximum absolute atomic E-state index is 13.2. The molecule has 0 spiro atoms. The third-order valence-corrected chi connectivity index (χ3v) is 4.65. The van der Waals surface area contributed by atoms with Gasteiger partial charge in [0.15, 0.2) is 0 Å². The van der Waals surface area contributed by atoms with Gasteiger partial charge in [-0.1, -0.05) is 24.3 Å². The summed E-state index contributed by atoms with van der Waals surface area (Å²) in [7, 11) is 0. The van der Waals surface area contributed by atoms with Crippen LogP contribution in [0.2, 0.25) is 0 Å². The molecule has 3 nitrogen and oxygen atoms in total. The molecular formula is C21H13F6N3. The molecule has 1 N–H and O–H groups in total. The summed E-state index contributed by atoms with van der Waals surface area (Å²) in [4.78, 5) is 11.0. The van der Waals surface area contributed by atoms with Crippen LogP contribution in [0.15, 0.2) is 54.7 Å². The lowest BCUT2D eigenvalue weighted by molar-refractivity contribution is -0.138. The van der Waals surface area contributed by atoms with Gasteiger partial charge in [0, 0.05) is 17.3 Å². The van der Waals surface area contributed by atoms with Crippen molar-refractivity contribution in [2.24, 2.45) is 0 Å². The molecule has 4 aromatic rings. The summed E-state index contributed by atoms with van der Waals surface area (Å²) in [6, 6.07) is 10.2. The number of aryl methyl sites for hydroxylation is 1. The minimum absolute atomic E-state index is 0.202. The number of nitrogens with zero attached hydrogens (tertiary/aromatic N) is 2. The van der Waals surface area contributed by atoms with Crippen LogP contribution in [-0.4, -0.2) is 15.0 Å². The zero-order chi connectivity index (χ0) is 21.7. The van der Waals surface area contributed by atoms with Crippen molar-refractivity contribution < 1.29 is 26.3 Å². The van der Waals surface area contributed by atoms with Gasteiger partial charge in [-0.25, -0.2) is 4.98 Å². The zero-order valence-corrected chi connectivity index (χ0v) is 15.4. The summed E-state index contributed by atoms with van der Waals surface area (Å²) < 4.78 is 78.7. The molecule has 30 heavy (non-hydrogen) atoms. The Hall–Kier alpha value is -3.36. The van der Waals surface area contributed by atoms with Gasteiger partial charge in [0.2, 0.25) is 0 Å². The first-order valence-corrected chi connectivity index (χ1v) is 8.74. The fourth-order valence-electron chi connectivity index (χ4n) is 3.24. The van der Waals surface area contributed by atoms with Crippen LogP contribution in [0.3, 0.4) is 0 Å². The number of nitrogens with one attached hydrogen (secondary N) is 1. The third kappa shape index (κ3) is 3.62. The fourth-order valence-corrected chi connectivity index (χ4v) is 3.24. The Morgan fingerprint density at radius 2 is 1.50 bits per heavy atom. The molecule has 0 bridgehead atoms. The SMILES string of the molecule is Cc1cc(C(F)(F)F)cc2[nH]c(-c3ccc(-c4ncccc4C(F)(F)F)cc3)nc12. The van der Waals surface area contributed by atoms with Crippen molar-refractivity contribution >= 4 is 11.0 Å². The number of hydrogen-bond acceptors (Lipinski definition) is 2. The van der Waals surface area contributed by atoms with Crippen molar-refractivity contribution in [3.63, 3.8) is 0 Å². The summed E-state index contributed by atoms with van der Waals surface area (Å²) in [6.07, 6.45) is -7.75. The van der Waals surface area contributed by atoms with Crippen LogP contribution >= 0.6 is 0 Å². The van der Waals surface area contributed by atoms with Crippen LogP contribution < -0.4 is 0 Å². The lowest BCUT2D eigenvalue weighted by Gasteiger charge is -2.11. The van der Waals surface area contributed by atoms with E-state index in [9.17, 15) is 26.3 Å². The van der Waals surface area contributed by atoms with Crippen molar-refractivity contribution in [3.8, 4) is 22.6 Å². The van der Waals surface area contributed by atoms with E-state index in [1.54, 1.807) is 12.1 Å². The third-order valence-electron chi connectivity index (χ3n) is 4.65. The first-order valence-electron chi connectivity index (χ1n) is 8.74. The molecular weight excluding hydrogens is 408 g/mol. The van der Waals surface area contributed by atoms with Gasteiger partial charge in [0.1, 0.15) is 5.82 Å². The Morgan fingerprint density at radius 3 is 2.13 bits per heavy atom. The molecule has 0 amide bonds. The van der Waals surface area contributed by atoms with E-state index in [0.717, 1.165) is 18.2 Å². The average Bonchev–Trinajstić information content (AvgIpc) is 3.12. The number of imidazole rings is 1. The largest absolute Gasteiger partial charge is 0.418 e. The van der Waals surface area contributed by atoms with Gasteiger partial charge in [-0.3, -0.25) is 4.98 Å². The number of rotatable bonds is 2. The van der Waals surface area contributed by atoms with E-state index in [1.807, 2.05) is 0 Å². The molecule has 2 aromatic heterocycles. The molecule has 9 heteroatoms. The predicted octanol–water partition coefficient (Wildman–Crippen LogP) is 6.64. The smallest absolute Gasteiger partial charge is 0.338 e. The van der Waals surface area contributed by atoms with E-state index in [1.165, 1.54) is 31.3 Å². The minimum Gasteiger partial charge on any atom is -0.338 e. The lowest BCUT2D eigenvalue weighted by Crippen LogP contribution is -2.08. The molecule has 2 aromatic carbocycles. The molecule has 0 saturated carbocycles. The van der Waals surface area contributed by atoms with Gasteiger partial charge in [0.05, 0.1) is 27.9 Å². The van der Waals surface area contributed by atoms with E-state index in [-0.39, 0.29) is 16.8 Å². The van der Waals surface area contributed by atoms with Crippen molar-refractivity contribution in [1.82, 2.24) is 15.0 Å². The molecule has 0 aliphatic rings. The fraction of sp³-hybridized carbons (Fsp3) is 0.143. The van der Waals surface area contributed by atoms with Crippen LogP contribution in [0.4, 0.5) is 26.3 Å². The topological polar surface area (TPSA) is 41.6 Å². The number of halogens is 6. The molecule has 0 aliphatic carbocycles. The number of aromatic amines is 1. The number of hydrogen-bond donors (Lipinski definition) is 1. The van der Waals surface area contributed by atoms with Gasteiger partial charge >= 0.3 is 12.4 Å². The van der Waals surface area contributed by atoms with E-state index in [4.69, 9.17) is 0 Å². The second-order valence-corrected chi connectivity index (χ2v) is 6.75. The highest BCUT2D eigenvalue weighted by molar-refractivity contribution is 5.83. The summed E-state index contributed by atoms with van der Waals surface area (Å²) in [5.74, 6) is 0.316. The molecule has 154 valence electrons. The highest BCUT2D eigenvalue weighted by Crippen LogP contribution is 2.37. The van der Waals surface area contributed by atoms with E-state index >= 15 is 0 Å². The van der Waals surface area contributed by atoms with Crippen LogP contribution in [0.5, 0.6) is 0 Å². The Kier molecular flexibility index (Phi) is 4.56. The van der Waals surface area contributed by atoms with Crippen LogP contribution in [0, 0.1) is 6.92 Å². The summed E-state index contributed by atoms with van der Waals surface area (Å²) in [5.41, 5.74) is -0.0684. The Bertz CT molecular complexity index is 1220. The summed E-state index contributed by atoms with van der Waals surface area (Å²) in [5, 5.41) is 0. The van der Waals surface area contributed by atoms with E-state index in [2.05, 4.69) is 15.0 Å². The second-order valence-electron chi connectivity index (χ2n) is 6.75. The Labute approximate surface area is 166 Å². The van der Waals surface area contributed by atoms with E-state index in [0.29, 0.717) is 22.5 Å². The molecule has 0 radical (unpaired) electrons. The molecule has 0 unspecified atom stereocenters. The number of aromatic nitrogens is 3. The maximum atomic E-state index is 13.2. The van der Waals surface area contributed by atoms with Gasteiger partial charge in [-0.05, 0) is 36.8 Å². The number of pyridine rings is 1. The summed E-state index contributed by atoms with van der Waals surface area (Å²) >= 11 is 0. The molecule has 0 saturated heterocycles. The average molecular weight is 421 g/mol. The van der Waals surface area contributed by atoms with Crippen LogP contribution in [0.1, 0.15) is 16.7 Å². The van der Waals surface area contributed by atoms with Crippen LogP contribution in [0.25, 0.3) is 33.7 Å². The second kappa shape index (κ2) is 6.86. The minimum atomic E-state index is -4.55. The number of alkyl halides is 6. The quantitative estimate of drug-likeness (QED) is 0.369. The standard InChI is InChI=1S/C21H13F6N3/c1-11-9-14(20(22,23)24)10-16-17(11)30-19(29-16)13-6-4-12(5-7-13)18-15(21(25,26)27)3-2-8-28-18/h2-10H,1H3,(H,29,30). The molecule has 0 fully saturated rings. The van der Waals surface area contributed by atoms with Gasteiger partial charge in [-0.15, -0.1) is 0 Å². The number of fused-ring (bicyclic) bond motifs is 1. The first-order chi connectivity index (χ1) is 14.0. The Balaban J connectivity index is 1.74. The Morgan fingerprint density at radius 1 is 0.833 bits per heavy atom. The van der Waals surface area contributed by atoms with Gasteiger partial charge < -0.3 is 4.98 Å². The van der Waals surface area contributed by atoms with Gasteiger partial charge in [-0.2, -0.15) is 26.3 Å². The number of benzene rings is 2. The van der Waals surface area contributed by atoms with Crippen LogP contribution in [-0.2, 0) is 12.4 Å². The van der Waals surface area contributed by atoms with Crippen molar-refractivity contribution in [3.05, 3.63) is 71.4 Å². The normalized spacial score (nSPS) is 12.5. The lowest BCUT2D eigenvalue weighted by atomic mass is 10.0. The molecule has 0 aliphatic heterocycles. The molecule has 4 rings (SSSR count). The first kappa shape index (κ1) is 19.9. The van der Waals surface area contributed by atoms with Crippen molar-refractivity contribution in [1.29, 1.82) is 0 Å². The monoisotopic (exact) mass is 421 g/mol. The predicted molar refractivity (Wildman–Crippen MR) is 99.5 cm³/mol. The maximum Gasteiger partial charge on any atom is 0.418 e. The highest BCUT2D eigenvalue weighted by Gasteiger charge is 2.34. The van der Waals surface area contributed by atoms with E-state index < -0.39 is 23.5 Å². The number of H-pyrrole nitrogens is 1. The molecule has 2 heterocycles. The molecule has 0 atom stereocenters. The highest BCUT2D eigenvalue weighted by atomic mass is 19.4. The summed E-state index contributed by atoms with van der Waals surface area (Å²) in [6.45, 7) is 1.53. The van der Waals surface area contributed by atoms with Crippen molar-refractivity contribution in [2.75, 3.05) is 0 Å².